The summed E-state index contributed by atoms with van der Waals surface area (Å²) < 4.78 is 7.66. The lowest BCUT2D eigenvalue weighted by molar-refractivity contribution is 0.0925. The first-order valence-corrected chi connectivity index (χ1v) is 8.77. The highest BCUT2D eigenvalue weighted by molar-refractivity contribution is 5.93. The molecule has 6 nitrogen and oxygen atoms in total. The van der Waals surface area contributed by atoms with Crippen LogP contribution in [0.2, 0.25) is 0 Å². The number of nitrogens with zero attached hydrogens (tertiary/aromatic N) is 2. The number of carbonyl (C=O) groups is 1. The van der Waals surface area contributed by atoms with Crippen molar-refractivity contribution in [3.8, 4) is 0 Å². The number of benzene rings is 2. The predicted molar refractivity (Wildman–Crippen MR) is 104 cm³/mol. The summed E-state index contributed by atoms with van der Waals surface area (Å²) in [5, 5.41) is 3.29. The second kappa shape index (κ2) is 6.72. The maximum Gasteiger partial charge on any atom is 0.287 e. The molecule has 2 aromatic carbocycles. The Bertz CT molecular complexity index is 1220. The number of hydrogen-bond acceptors (Lipinski definition) is 4. The Balaban J connectivity index is 1.51. The molecule has 1 amide bonds. The zero-order valence-corrected chi connectivity index (χ0v) is 15.2. The lowest BCUT2D eigenvalue weighted by Crippen LogP contribution is -2.28. The Labute approximate surface area is 155 Å². The minimum absolute atomic E-state index is 0.0172. The molecule has 0 saturated carbocycles. The van der Waals surface area contributed by atoms with Gasteiger partial charge in [-0.2, -0.15) is 0 Å². The summed E-state index contributed by atoms with van der Waals surface area (Å²) in [4.78, 5) is 29.2. The number of para-hydroxylation sites is 2. The molecule has 0 unspecified atom stereocenters. The number of hydrogen-bond donors (Lipinski definition) is 1. The van der Waals surface area contributed by atoms with Crippen molar-refractivity contribution in [1.29, 1.82) is 0 Å². The third-order valence-electron chi connectivity index (χ3n) is 4.57. The van der Waals surface area contributed by atoms with Crippen LogP contribution in [-0.2, 0) is 6.54 Å². The molecule has 2 heterocycles. The Hall–Kier alpha value is -3.41. The summed E-state index contributed by atoms with van der Waals surface area (Å²) >= 11 is 0. The van der Waals surface area contributed by atoms with E-state index in [1.807, 2.05) is 44.2 Å². The van der Waals surface area contributed by atoms with Gasteiger partial charge in [0.15, 0.2) is 11.2 Å². The van der Waals surface area contributed by atoms with E-state index in [1.54, 1.807) is 12.1 Å². The van der Waals surface area contributed by atoms with Gasteiger partial charge in [-0.3, -0.25) is 9.59 Å². The average Bonchev–Trinajstić information content (AvgIpc) is 2.97. The molecule has 2 aromatic heterocycles. The zero-order valence-electron chi connectivity index (χ0n) is 15.2. The maximum absolute atomic E-state index is 12.4. The number of fused-ring (bicyclic) bond motifs is 2. The lowest BCUT2D eigenvalue weighted by Gasteiger charge is -2.09. The van der Waals surface area contributed by atoms with Crippen LogP contribution in [0, 0.1) is 13.8 Å². The standard InChI is InChI=1S/C21H19N3O3/c1-13-7-8-19-15(11-13)18(25)12-20(27-19)21(26)22-9-10-24-14(2)23-16-5-3-4-6-17(16)24/h3-8,11-12H,9-10H2,1-2H3,(H,22,26). The zero-order chi connectivity index (χ0) is 19.0. The predicted octanol–water partition coefficient (Wildman–Crippen LogP) is 3.19. The van der Waals surface area contributed by atoms with Gasteiger partial charge < -0.3 is 14.3 Å². The highest BCUT2D eigenvalue weighted by atomic mass is 16.3. The number of aromatic nitrogens is 2. The molecule has 0 spiro atoms. The molecular formula is C21H19N3O3. The highest BCUT2D eigenvalue weighted by Crippen LogP contribution is 2.16. The lowest BCUT2D eigenvalue weighted by atomic mass is 10.1. The van der Waals surface area contributed by atoms with Gasteiger partial charge in [0.25, 0.3) is 5.91 Å². The van der Waals surface area contributed by atoms with Crippen molar-refractivity contribution in [3.05, 3.63) is 75.9 Å². The molecule has 0 aliphatic rings. The van der Waals surface area contributed by atoms with Crippen molar-refractivity contribution in [3.63, 3.8) is 0 Å². The minimum Gasteiger partial charge on any atom is -0.451 e. The van der Waals surface area contributed by atoms with Gasteiger partial charge in [0.05, 0.1) is 16.4 Å². The summed E-state index contributed by atoms with van der Waals surface area (Å²) in [5.74, 6) is 0.498. The molecule has 4 aromatic rings. The Morgan fingerprint density at radius 1 is 1.15 bits per heavy atom. The van der Waals surface area contributed by atoms with E-state index in [0.29, 0.717) is 24.1 Å². The SMILES string of the molecule is Cc1ccc2oc(C(=O)NCCn3c(C)nc4ccccc43)cc(=O)c2c1. The van der Waals surface area contributed by atoms with Gasteiger partial charge in [-0.15, -0.1) is 0 Å². The smallest absolute Gasteiger partial charge is 0.287 e. The number of imidazole rings is 1. The summed E-state index contributed by atoms with van der Waals surface area (Å²) in [6.07, 6.45) is 0. The molecule has 4 rings (SSSR count). The topological polar surface area (TPSA) is 77.1 Å². The first-order chi connectivity index (χ1) is 13.0. The van der Waals surface area contributed by atoms with Gasteiger partial charge in [-0.25, -0.2) is 4.98 Å². The van der Waals surface area contributed by atoms with E-state index < -0.39 is 5.91 Å². The van der Waals surface area contributed by atoms with Gasteiger partial charge in [0.1, 0.15) is 11.4 Å². The molecule has 27 heavy (non-hydrogen) atoms. The van der Waals surface area contributed by atoms with Crippen molar-refractivity contribution in [1.82, 2.24) is 14.9 Å². The van der Waals surface area contributed by atoms with Crippen LogP contribution in [0.15, 0.2) is 57.7 Å². The van der Waals surface area contributed by atoms with Crippen molar-refractivity contribution >= 4 is 27.9 Å². The quantitative estimate of drug-likeness (QED) is 0.606. The molecule has 0 aliphatic heterocycles. The molecule has 136 valence electrons. The van der Waals surface area contributed by atoms with Gasteiger partial charge in [0.2, 0.25) is 0 Å². The fraction of sp³-hybridized carbons (Fsp3) is 0.190. The van der Waals surface area contributed by atoms with Crippen LogP contribution in [0.5, 0.6) is 0 Å². The molecule has 6 heteroatoms. The molecule has 0 atom stereocenters. The van der Waals surface area contributed by atoms with E-state index in [1.165, 1.54) is 6.07 Å². The number of amides is 1. The Morgan fingerprint density at radius 3 is 2.81 bits per heavy atom. The molecule has 0 fully saturated rings. The molecule has 0 saturated heterocycles. The molecule has 0 radical (unpaired) electrons. The van der Waals surface area contributed by atoms with Crippen LogP contribution < -0.4 is 10.7 Å². The Morgan fingerprint density at radius 2 is 1.96 bits per heavy atom. The second-order valence-electron chi connectivity index (χ2n) is 6.53. The van der Waals surface area contributed by atoms with E-state index in [2.05, 4.69) is 14.9 Å². The second-order valence-corrected chi connectivity index (χ2v) is 6.53. The Kier molecular flexibility index (Phi) is 4.24. The normalized spacial score (nSPS) is 11.2. The molecule has 1 N–H and O–H groups in total. The van der Waals surface area contributed by atoms with Crippen LogP contribution in [-0.4, -0.2) is 22.0 Å². The van der Waals surface area contributed by atoms with Gasteiger partial charge in [0, 0.05) is 19.2 Å². The summed E-state index contributed by atoms with van der Waals surface area (Å²) in [7, 11) is 0. The fourth-order valence-electron chi connectivity index (χ4n) is 3.23. The van der Waals surface area contributed by atoms with E-state index in [0.717, 1.165) is 22.4 Å². The minimum atomic E-state index is -0.406. The van der Waals surface area contributed by atoms with E-state index in [9.17, 15) is 9.59 Å². The van der Waals surface area contributed by atoms with Gasteiger partial charge in [-0.05, 0) is 38.1 Å². The van der Waals surface area contributed by atoms with Gasteiger partial charge in [-0.1, -0.05) is 23.8 Å². The van der Waals surface area contributed by atoms with Crippen LogP contribution in [0.4, 0.5) is 0 Å². The van der Waals surface area contributed by atoms with Crippen molar-refractivity contribution < 1.29 is 9.21 Å². The third kappa shape index (κ3) is 3.21. The van der Waals surface area contributed by atoms with Crippen molar-refractivity contribution in [2.75, 3.05) is 6.54 Å². The maximum atomic E-state index is 12.4. The van der Waals surface area contributed by atoms with E-state index in [4.69, 9.17) is 4.42 Å². The van der Waals surface area contributed by atoms with Gasteiger partial charge >= 0.3 is 0 Å². The summed E-state index contributed by atoms with van der Waals surface area (Å²) in [6, 6.07) is 14.4. The van der Waals surface area contributed by atoms with Crippen molar-refractivity contribution in [2.24, 2.45) is 0 Å². The number of nitrogens with one attached hydrogen (secondary N) is 1. The molecular weight excluding hydrogens is 342 g/mol. The summed E-state index contributed by atoms with van der Waals surface area (Å²) in [6.45, 7) is 4.82. The van der Waals surface area contributed by atoms with Crippen LogP contribution >= 0.6 is 0 Å². The number of rotatable bonds is 4. The fourth-order valence-corrected chi connectivity index (χ4v) is 3.23. The number of aryl methyl sites for hydroxylation is 2. The first-order valence-electron chi connectivity index (χ1n) is 8.77. The van der Waals surface area contributed by atoms with Crippen LogP contribution in [0.3, 0.4) is 0 Å². The van der Waals surface area contributed by atoms with E-state index >= 15 is 0 Å². The highest BCUT2D eigenvalue weighted by Gasteiger charge is 2.13. The monoisotopic (exact) mass is 361 g/mol. The molecule has 0 aliphatic carbocycles. The largest absolute Gasteiger partial charge is 0.451 e. The average molecular weight is 361 g/mol. The van der Waals surface area contributed by atoms with Crippen LogP contribution in [0.25, 0.3) is 22.0 Å². The molecule has 0 bridgehead atoms. The summed E-state index contributed by atoms with van der Waals surface area (Å²) in [5.41, 5.74) is 3.11. The van der Waals surface area contributed by atoms with Crippen LogP contribution in [0.1, 0.15) is 21.9 Å². The third-order valence-corrected chi connectivity index (χ3v) is 4.57. The first kappa shape index (κ1) is 17.0. The number of carbonyl (C=O) groups excluding carboxylic acids is 1. The van der Waals surface area contributed by atoms with E-state index in [-0.39, 0.29) is 11.2 Å². The van der Waals surface area contributed by atoms with Crippen molar-refractivity contribution in [2.45, 2.75) is 20.4 Å².